The quantitative estimate of drug-likeness (QED) is 0.792. The molecule has 0 fully saturated rings. The Morgan fingerprint density at radius 1 is 1.18 bits per heavy atom. The van der Waals surface area contributed by atoms with Crippen molar-refractivity contribution in [2.24, 2.45) is 0 Å². The van der Waals surface area contributed by atoms with Crippen LogP contribution in [0.2, 0.25) is 0 Å². The van der Waals surface area contributed by atoms with Crippen molar-refractivity contribution in [3.05, 3.63) is 57.6 Å². The number of hydrogen-bond donors (Lipinski definition) is 2. The summed E-state index contributed by atoms with van der Waals surface area (Å²) in [5.74, 6) is 0.460. The van der Waals surface area contributed by atoms with Crippen LogP contribution in [0.15, 0.2) is 40.9 Å². The lowest BCUT2D eigenvalue weighted by atomic mass is 9.97. The second-order valence-corrected chi connectivity index (χ2v) is 5.40. The van der Waals surface area contributed by atoms with Crippen molar-refractivity contribution in [1.29, 1.82) is 0 Å². The van der Waals surface area contributed by atoms with Gasteiger partial charge in [-0.3, -0.25) is 0 Å². The van der Waals surface area contributed by atoms with Gasteiger partial charge in [-0.1, -0.05) is 12.1 Å². The topological polar surface area (TPSA) is 55.5 Å². The highest BCUT2D eigenvalue weighted by atomic mass is 79.9. The Bertz CT molecular complexity index is 689. The molecule has 0 radical (unpaired) electrons. The van der Waals surface area contributed by atoms with Gasteiger partial charge in [0, 0.05) is 16.8 Å². The minimum atomic E-state index is -4.51. The van der Waals surface area contributed by atoms with Gasteiger partial charge < -0.3 is 15.6 Å². The first-order valence-electron chi connectivity index (χ1n) is 6.22. The van der Waals surface area contributed by atoms with Crippen LogP contribution in [0.3, 0.4) is 0 Å². The zero-order chi connectivity index (χ0) is 16.5. The van der Waals surface area contributed by atoms with Crippen LogP contribution >= 0.6 is 15.9 Å². The number of anilines is 1. The van der Waals surface area contributed by atoms with E-state index in [2.05, 4.69) is 15.9 Å². The maximum atomic E-state index is 12.8. The smallest absolute Gasteiger partial charge is 0.416 e. The van der Waals surface area contributed by atoms with E-state index < -0.39 is 17.8 Å². The van der Waals surface area contributed by atoms with Gasteiger partial charge in [-0.25, -0.2) is 0 Å². The van der Waals surface area contributed by atoms with E-state index in [9.17, 15) is 18.3 Å². The number of ether oxygens (including phenoxy) is 1. The third-order valence-electron chi connectivity index (χ3n) is 3.22. The van der Waals surface area contributed by atoms with E-state index in [0.717, 1.165) is 18.2 Å². The second kappa shape index (κ2) is 6.18. The highest BCUT2D eigenvalue weighted by Crippen LogP contribution is 2.38. The predicted molar refractivity (Wildman–Crippen MR) is 80.6 cm³/mol. The monoisotopic (exact) mass is 375 g/mol. The molecule has 118 valence electrons. The van der Waals surface area contributed by atoms with E-state index in [1.54, 1.807) is 18.2 Å². The largest absolute Gasteiger partial charge is 0.496 e. The van der Waals surface area contributed by atoms with Crippen LogP contribution in [0, 0.1) is 0 Å². The van der Waals surface area contributed by atoms with Crippen LogP contribution in [0.1, 0.15) is 22.8 Å². The molecule has 7 heteroatoms. The van der Waals surface area contributed by atoms with Crippen LogP contribution in [0.25, 0.3) is 0 Å². The number of nitrogen functional groups attached to an aromatic ring is 1. The molecule has 0 spiro atoms. The number of aliphatic hydroxyl groups is 1. The molecule has 0 amide bonds. The lowest BCUT2D eigenvalue weighted by Gasteiger charge is -2.18. The standard InChI is InChI=1S/C15H13BrF3NO2/c1-22-12-4-2-3-9(13(12)16)14(21)10-7-8(15(17,18)19)5-6-11(10)20/h2-7,14,21H,20H2,1H3. The fourth-order valence-electron chi connectivity index (χ4n) is 2.05. The first-order valence-corrected chi connectivity index (χ1v) is 7.02. The molecular formula is C15H13BrF3NO2. The van der Waals surface area contributed by atoms with E-state index in [0.29, 0.717) is 15.8 Å². The molecule has 3 nitrogen and oxygen atoms in total. The Morgan fingerprint density at radius 2 is 1.86 bits per heavy atom. The molecule has 1 atom stereocenters. The molecule has 0 saturated heterocycles. The summed E-state index contributed by atoms with van der Waals surface area (Å²) < 4.78 is 44.0. The van der Waals surface area contributed by atoms with Gasteiger partial charge in [-0.2, -0.15) is 13.2 Å². The summed E-state index contributed by atoms with van der Waals surface area (Å²) in [4.78, 5) is 0. The van der Waals surface area contributed by atoms with Gasteiger partial charge >= 0.3 is 6.18 Å². The van der Waals surface area contributed by atoms with Crippen LogP contribution in [-0.2, 0) is 6.18 Å². The van der Waals surface area contributed by atoms with Gasteiger partial charge in [-0.15, -0.1) is 0 Å². The van der Waals surface area contributed by atoms with E-state index in [1.165, 1.54) is 7.11 Å². The number of aliphatic hydroxyl groups excluding tert-OH is 1. The lowest BCUT2D eigenvalue weighted by Crippen LogP contribution is -2.10. The van der Waals surface area contributed by atoms with Crippen molar-refractivity contribution in [3.8, 4) is 5.75 Å². The highest BCUT2D eigenvalue weighted by molar-refractivity contribution is 9.10. The molecule has 0 aliphatic heterocycles. The molecule has 22 heavy (non-hydrogen) atoms. The van der Waals surface area contributed by atoms with Gasteiger partial charge in [0.2, 0.25) is 0 Å². The summed E-state index contributed by atoms with van der Waals surface area (Å²) in [6.07, 6.45) is -5.82. The van der Waals surface area contributed by atoms with E-state index in [4.69, 9.17) is 10.5 Å². The van der Waals surface area contributed by atoms with Crippen molar-refractivity contribution in [2.75, 3.05) is 12.8 Å². The molecule has 0 heterocycles. The van der Waals surface area contributed by atoms with Crippen molar-refractivity contribution in [2.45, 2.75) is 12.3 Å². The third-order valence-corrected chi connectivity index (χ3v) is 4.06. The maximum absolute atomic E-state index is 12.8. The average Bonchev–Trinajstić information content (AvgIpc) is 2.46. The summed E-state index contributed by atoms with van der Waals surface area (Å²) >= 11 is 3.27. The van der Waals surface area contributed by atoms with Gasteiger partial charge in [0.15, 0.2) is 0 Å². The summed E-state index contributed by atoms with van der Waals surface area (Å²) in [5, 5.41) is 10.4. The van der Waals surface area contributed by atoms with Crippen LogP contribution in [0.5, 0.6) is 5.75 Å². The summed E-state index contributed by atoms with van der Waals surface area (Å²) in [7, 11) is 1.45. The van der Waals surface area contributed by atoms with Crippen molar-refractivity contribution >= 4 is 21.6 Å². The Labute approximate surface area is 133 Å². The molecule has 3 N–H and O–H groups in total. The zero-order valence-electron chi connectivity index (χ0n) is 11.5. The molecule has 0 bridgehead atoms. The van der Waals surface area contributed by atoms with Crippen LogP contribution in [0.4, 0.5) is 18.9 Å². The first kappa shape index (κ1) is 16.6. The van der Waals surface area contributed by atoms with Gasteiger partial charge in [0.25, 0.3) is 0 Å². The number of alkyl halides is 3. The van der Waals surface area contributed by atoms with E-state index in [-0.39, 0.29) is 11.3 Å². The molecule has 1 unspecified atom stereocenters. The minimum absolute atomic E-state index is 0.0104. The molecule has 2 rings (SSSR count). The number of benzene rings is 2. The third kappa shape index (κ3) is 3.20. The SMILES string of the molecule is COc1cccc(C(O)c2cc(C(F)(F)F)ccc2N)c1Br. The van der Waals surface area contributed by atoms with Gasteiger partial charge in [0.1, 0.15) is 11.9 Å². The number of nitrogens with two attached hydrogens (primary N) is 1. The van der Waals surface area contributed by atoms with Crippen molar-refractivity contribution in [1.82, 2.24) is 0 Å². The molecule has 0 saturated carbocycles. The fraction of sp³-hybridized carbons (Fsp3) is 0.200. The molecule has 0 aromatic heterocycles. The van der Waals surface area contributed by atoms with E-state index >= 15 is 0 Å². The van der Waals surface area contributed by atoms with Crippen molar-refractivity contribution in [3.63, 3.8) is 0 Å². The van der Waals surface area contributed by atoms with Crippen LogP contribution < -0.4 is 10.5 Å². The molecule has 2 aromatic carbocycles. The number of rotatable bonds is 3. The van der Waals surface area contributed by atoms with Gasteiger partial charge in [-0.05, 0) is 40.2 Å². The van der Waals surface area contributed by atoms with Crippen molar-refractivity contribution < 1.29 is 23.0 Å². The van der Waals surface area contributed by atoms with E-state index in [1.807, 2.05) is 0 Å². The maximum Gasteiger partial charge on any atom is 0.416 e. The summed E-state index contributed by atoms with van der Waals surface area (Å²) in [6, 6.07) is 7.74. The second-order valence-electron chi connectivity index (χ2n) is 4.61. The normalized spacial score (nSPS) is 13.0. The number of hydrogen-bond acceptors (Lipinski definition) is 3. The number of halogens is 4. The number of methoxy groups -OCH3 is 1. The Kier molecular flexibility index (Phi) is 4.67. The van der Waals surface area contributed by atoms with Crippen LogP contribution in [-0.4, -0.2) is 12.2 Å². The Morgan fingerprint density at radius 3 is 2.45 bits per heavy atom. The average molecular weight is 376 g/mol. The Balaban J connectivity index is 2.52. The molecule has 2 aromatic rings. The Hall–Kier alpha value is -1.73. The highest BCUT2D eigenvalue weighted by Gasteiger charge is 2.32. The first-order chi connectivity index (χ1) is 10.3. The zero-order valence-corrected chi connectivity index (χ0v) is 13.1. The summed E-state index contributed by atoms with van der Waals surface area (Å²) in [5.41, 5.74) is 5.29. The van der Waals surface area contributed by atoms with Gasteiger partial charge in [0.05, 0.1) is 17.1 Å². The molecule has 0 aliphatic rings. The summed E-state index contributed by atoms with van der Waals surface area (Å²) in [6.45, 7) is 0. The molecular weight excluding hydrogens is 363 g/mol. The lowest BCUT2D eigenvalue weighted by molar-refractivity contribution is -0.137. The fourth-order valence-corrected chi connectivity index (χ4v) is 2.70. The molecule has 0 aliphatic carbocycles. The predicted octanol–water partition coefficient (Wildman–Crippen LogP) is 4.14. The minimum Gasteiger partial charge on any atom is -0.496 e.